The first-order chi connectivity index (χ1) is 8.06. The maximum absolute atomic E-state index is 11.8. The van der Waals surface area contributed by atoms with Crippen molar-refractivity contribution >= 4 is 27.5 Å². The SMILES string of the molecule is Cc1ccc(NC(C)C(=O)NC2CC2)c(Br)c1. The number of amides is 1. The third-order valence-electron chi connectivity index (χ3n) is 2.81. The maximum atomic E-state index is 11.8. The molecule has 1 aliphatic carbocycles. The summed E-state index contributed by atoms with van der Waals surface area (Å²) in [5.74, 6) is 0.0694. The number of benzene rings is 1. The molecular weight excluding hydrogens is 280 g/mol. The van der Waals surface area contributed by atoms with Gasteiger partial charge in [0.25, 0.3) is 0 Å². The molecule has 0 aromatic heterocycles. The van der Waals surface area contributed by atoms with Crippen LogP contribution in [0.3, 0.4) is 0 Å². The van der Waals surface area contributed by atoms with Crippen molar-refractivity contribution in [2.75, 3.05) is 5.32 Å². The summed E-state index contributed by atoms with van der Waals surface area (Å²) >= 11 is 3.49. The highest BCUT2D eigenvalue weighted by atomic mass is 79.9. The van der Waals surface area contributed by atoms with Gasteiger partial charge in [-0.2, -0.15) is 0 Å². The van der Waals surface area contributed by atoms with E-state index in [1.54, 1.807) is 0 Å². The summed E-state index contributed by atoms with van der Waals surface area (Å²) in [6.07, 6.45) is 2.24. The van der Waals surface area contributed by atoms with Crippen LogP contribution < -0.4 is 10.6 Å². The molecule has 1 aromatic carbocycles. The molecule has 0 bridgehead atoms. The number of rotatable bonds is 4. The molecule has 2 rings (SSSR count). The standard InChI is InChI=1S/C13H17BrN2O/c1-8-3-6-12(11(14)7-8)15-9(2)13(17)16-10-4-5-10/h3,6-7,9-10,15H,4-5H2,1-2H3,(H,16,17). The fourth-order valence-electron chi connectivity index (χ4n) is 1.59. The molecule has 0 heterocycles. The molecule has 0 radical (unpaired) electrons. The van der Waals surface area contributed by atoms with Crippen molar-refractivity contribution in [3.63, 3.8) is 0 Å². The Kier molecular flexibility index (Phi) is 3.72. The van der Waals surface area contributed by atoms with Gasteiger partial charge in [0, 0.05) is 16.2 Å². The maximum Gasteiger partial charge on any atom is 0.242 e. The Morgan fingerprint density at radius 1 is 1.47 bits per heavy atom. The quantitative estimate of drug-likeness (QED) is 0.897. The lowest BCUT2D eigenvalue weighted by atomic mass is 10.2. The highest BCUT2D eigenvalue weighted by Gasteiger charge is 2.25. The molecular formula is C13H17BrN2O. The van der Waals surface area contributed by atoms with Crippen LogP contribution >= 0.6 is 15.9 Å². The van der Waals surface area contributed by atoms with Crippen molar-refractivity contribution in [2.45, 2.75) is 38.8 Å². The van der Waals surface area contributed by atoms with Crippen LogP contribution in [-0.2, 0) is 4.79 Å². The second kappa shape index (κ2) is 5.08. The van der Waals surface area contributed by atoms with Gasteiger partial charge in [0.1, 0.15) is 6.04 Å². The van der Waals surface area contributed by atoms with E-state index >= 15 is 0 Å². The van der Waals surface area contributed by atoms with Crippen LogP contribution in [0.2, 0.25) is 0 Å². The van der Waals surface area contributed by atoms with Crippen molar-refractivity contribution in [3.05, 3.63) is 28.2 Å². The average Bonchev–Trinajstić information content (AvgIpc) is 3.06. The Bertz CT molecular complexity index is 429. The van der Waals surface area contributed by atoms with Gasteiger partial charge in [-0.25, -0.2) is 0 Å². The predicted molar refractivity (Wildman–Crippen MR) is 73.1 cm³/mol. The molecule has 17 heavy (non-hydrogen) atoms. The number of anilines is 1. The Morgan fingerprint density at radius 3 is 2.76 bits per heavy atom. The third kappa shape index (κ3) is 3.46. The third-order valence-corrected chi connectivity index (χ3v) is 3.47. The minimum Gasteiger partial charge on any atom is -0.373 e. The average molecular weight is 297 g/mol. The number of aryl methyl sites for hydroxylation is 1. The number of carbonyl (C=O) groups is 1. The number of hydrogen-bond acceptors (Lipinski definition) is 2. The van der Waals surface area contributed by atoms with Crippen LogP contribution in [0.5, 0.6) is 0 Å². The first kappa shape index (κ1) is 12.4. The Hall–Kier alpha value is -1.03. The molecule has 1 fully saturated rings. The van der Waals surface area contributed by atoms with Crippen LogP contribution in [0.25, 0.3) is 0 Å². The van der Waals surface area contributed by atoms with E-state index in [1.165, 1.54) is 5.56 Å². The van der Waals surface area contributed by atoms with Gasteiger partial charge in [-0.05, 0) is 60.3 Å². The van der Waals surface area contributed by atoms with E-state index < -0.39 is 0 Å². The highest BCUT2D eigenvalue weighted by Crippen LogP contribution is 2.24. The van der Waals surface area contributed by atoms with E-state index in [2.05, 4.69) is 26.6 Å². The number of nitrogens with one attached hydrogen (secondary N) is 2. The smallest absolute Gasteiger partial charge is 0.242 e. The largest absolute Gasteiger partial charge is 0.373 e. The molecule has 1 aromatic rings. The summed E-state index contributed by atoms with van der Waals surface area (Å²) in [7, 11) is 0. The molecule has 1 amide bonds. The fourth-order valence-corrected chi connectivity index (χ4v) is 2.20. The molecule has 1 saturated carbocycles. The summed E-state index contributed by atoms with van der Waals surface area (Å²) in [6.45, 7) is 3.92. The van der Waals surface area contributed by atoms with Gasteiger partial charge >= 0.3 is 0 Å². The van der Waals surface area contributed by atoms with Crippen LogP contribution in [0, 0.1) is 6.92 Å². The highest BCUT2D eigenvalue weighted by molar-refractivity contribution is 9.10. The lowest BCUT2D eigenvalue weighted by molar-refractivity contribution is -0.121. The van der Waals surface area contributed by atoms with Crippen molar-refractivity contribution in [1.82, 2.24) is 5.32 Å². The number of halogens is 1. The Balaban J connectivity index is 1.96. The summed E-state index contributed by atoms with van der Waals surface area (Å²) < 4.78 is 0.989. The second-order valence-electron chi connectivity index (χ2n) is 4.63. The van der Waals surface area contributed by atoms with E-state index in [-0.39, 0.29) is 11.9 Å². The van der Waals surface area contributed by atoms with Crippen molar-refractivity contribution in [2.24, 2.45) is 0 Å². The van der Waals surface area contributed by atoms with Crippen molar-refractivity contribution in [1.29, 1.82) is 0 Å². The zero-order valence-electron chi connectivity index (χ0n) is 10.1. The van der Waals surface area contributed by atoms with Crippen molar-refractivity contribution < 1.29 is 4.79 Å². The monoisotopic (exact) mass is 296 g/mol. The summed E-state index contributed by atoms with van der Waals surface area (Å²) in [6, 6.07) is 6.25. The van der Waals surface area contributed by atoms with Gasteiger partial charge < -0.3 is 10.6 Å². The van der Waals surface area contributed by atoms with Gasteiger partial charge in [0.2, 0.25) is 5.91 Å². The first-order valence-corrected chi connectivity index (χ1v) is 6.68. The van der Waals surface area contributed by atoms with Gasteiger partial charge in [0.15, 0.2) is 0 Å². The van der Waals surface area contributed by atoms with E-state index in [0.717, 1.165) is 23.0 Å². The molecule has 0 spiro atoms. The first-order valence-electron chi connectivity index (χ1n) is 5.89. The van der Waals surface area contributed by atoms with Gasteiger partial charge in [-0.15, -0.1) is 0 Å². The minimum absolute atomic E-state index is 0.0694. The molecule has 4 heteroatoms. The molecule has 1 unspecified atom stereocenters. The van der Waals surface area contributed by atoms with Gasteiger partial charge in [-0.3, -0.25) is 4.79 Å². The summed E-state index contributed by atoms with van der Waals surface area (Å²) in [4.78, 5) is 11.8. The lowest BCUT2D eigenvalue weighted by Crippen LogP contribution is -2.38. The van der Waals surface area contributed by atoms with E-state index in [4.69, 9.17) is 0 Å². The minimum atomic E-state index is -0.213. The number of hydrogen-bond donors (Lipinski definition) is 2. The molecule has 0 saturated heterocycles. The van der Waals surface area contributed by atoms with Crippen LogP contribution in [0.15, 0.2) is 22.7 Å². The molecule has 92 valence electrons. The van der Waals surface area contributed by atoms with E-state index in [0.29, 0.717) is 6.04 Å². The van der Waals surface area contributed by atoms with Crippen molar-refractivity contribution in [3.8, 4) is 0 Å². The zero-order chi connectivity index (χ0) is 12.4. The van der Waals surface area contributed by atoms with Crippen LogP contribution in [0.1, 0.15) is 25.3 Å². The second-order valence-corrected chi connectivity index (χ2v) is 5.49. The Morgan fingerprint density at radius 2 is 2.18 bits per heavy atom. The molecule has 1 atom stereocenters. The predicted octanol–water partition coefficient (Wildman–Crippen LogP) is 2.84. The van der Waals surface area contributed by atoms with Gasteiger partial charge in [0.05, 0.1) is 0 Å². The topological polar surface area (TPSA) is 41.1 Å². The van der Waals surface area contributed by atoms with Gasteiger partial charge in [-0.1, -0.05) is 6.07 Å². The van der Waals surface area contributed by atoms with E-state index in [9.17, 15) is 4.79 Å². The number of carbonyl (C=O) groups excluding carboxylic acids is 1. The van der Waals surface area contributed by atoms with Crippen LogP contribution in [-0.4, -0.2) is 18.0 Å². The molecule has 0 aliphatic heterocycles. The lowest BCUT2D eigenvalue weighted by Gasteiger charge is -2.16. The normalized spacial score (nSPS) is 16.4. The summed E-state index contributed by atoms with van der Waals surface area (Å²) in [5, 5.41) is 6.20. The zero-order valence-corrected chi connectivity index (χ0v) is 11.7. The molecule has 1 aliphatic rings. The molecule has 2 N–H and O–H groups in total. The summed E-state index contributed by atoms with van der Waals surface area (Å²) in [5.41, 5.74) is 2.14. The van der Waals surface area contributed by atoms with Crippen LogP contribution in [0.4, 0.5) is 5.69 Å². The van der Waals surface area contributed by atoms with E-state index in [1.807, 2.05) is 32.0 Å². The fraction of sp³-hybridized carbons (Fsp3) is 0.462. The molecule has 3 nitrogen and oxygen atoms in total. The Labute approximate surface area is 110 Å².